The molecule has 0 aromatic carbocycles. The van der Waals surface area contributed by atoms with Gasteiger partial charge in [0.25, 0.3) is 0 Å². The van der Waals surface area contributed by atoms with Crippen LogP contribution in [-0.2, 0) is 20.0 Å². The third-order valence-corrected chi connectivity index (χ3v) is 9.29. The van der Waals surface area contributed by atoms with Crippen LogP contribution in [0.1, 0.15) is 136 Å². The van der Waals surface area contributed by atoms with Crippen LogP contribution in [0.5, 0.6) is 0 Å². The van der Waals surface area contributed by atoms with Gasteiger partial charge in [-0.3, -0.25) is 0 Å². The predicted octanol–water partition coefficient (Wildman–Crippen LogP) is 8.65. The van der Waals surface area contributed by atoms with Gasteiger partial charge < -0.3 is 4.90 Å². The van der Waals surface area contributed by atoms with E-state index in [9.17, 15) is 43.2 Å². The van der Waals surface area contributed by atoms with Crippen LogP contribution in [0.2, 0.25) is 0 Å². The van der Waals surface area contributed by atoms with Gasteiger partial charge >= 0.3 is 31.1 Å². The van der Waals surface area contributed by atoms with Gasteiger partial charge in [-0.2, -0.15) is 26.3 Å². The van der Waals surface area contributed by atoms with Gasteiger partial charge in [-0.05, 0) is 38.9 Å². The van der Waals surface area contributed by atoms with E-state index in [1.807, 2.05) is 0 Å². The van der Waals surface area contributed by atoms with E-state index in [4.69, 9.17) is 0 Å². The van der Waals surface area contributed by atoms with Crippen molar-refractivity contribution in [2.75, 3.05) is 19.6 Å². The first-order valence-electron chi connectivity index (χ1n) is 14.7. The highest BCUT2D eigenvalue weighted by Crippen LogP contribution is 2.27. The number of unbranched alkanes of at least 4 members (excludes halogenated alkanes) is 15. The molecule has 6 nitrogen and oxygen atoms in total. The molecule has 0 aromatic rings. The number of halogens is 6. The first-order valence-corrected chi connectivity index (χ1v) is 17.7. The maximum Gasteiger partial charge on any atom is 0.512 e. The minimum absolute atomic E-state index is 0.493. The molecule has 244 valence electrons. The van der Waals surface area contributed by atoms with E-state index in [1.54, 1.807) is 0 Å². The number of alkyl halides is 6. The van der Waals surface area contributed by atoms with Gasteiger partial charge in [0.1, 0.15) is 0 Å². The minimum Gasteiger partial charge on any atom is -0.303 e. The summed E-state index contributed by atoms with van der Waals surface area (Å²) in [7, 11) is -13.2. The van der Waals surface area contributed by atoms with E-state index in [0.717, 1.165) is 0 Å². The summed E-state index contributed by atoms with van der Waals surface area (Å²) in [6.07, 6.45) is 25.7. The van der Waals surface area contributed by atoms with Gasteiger partial charge in [-0.1, -0.05) is 121 Å². The maximum atomic E-state index is 11.5. The van der Waals surface area contributed by atoms with Gasteiger partial charge in [0, 0.05) is 0 Å². The molecule has 0 rings (SSSR count). The lowest BCUT2D eigenvalue weighted by Crippen LogP contribution is -2.45. The van der Waals surface area contributed by atoms with Crippen molar-refractivity contribution in [3.63, 3.8) is 0 Å². The molecular weight excluding hydrogens is 582 g/mol. The quantitative estimate of drug-likeness (QED) is 0.0899. The van der Waals surface area contributed by atoms with Crippen molar-refractivity contribution in [2.45, 2.75) is 147 Å². The summed E-state index contributed by atoms with van der Waals surface area (Å²) in [6.45, 7) is 11.0. The van der Waals surface area contributed by atoms with Crippen LogP contribution >= 0.6 is 0 Å². The fraction of sp³-hybridized carbons (Fsp3) is 1.00. The van der Waals surface area contributed by atoms with Crippen LogP contribution in [0, 0.1) is 0 Å². The third-order valence-electron chi connectivity index (χ3n) is 6.31. The zero-order chi connectivity index (χ0) is 31.1. The Kier molecular flexibility index (Phi) is 23.8. The second kappa shape index (κ2) is 22.9. The summed E-state index contributed by atoms with van der Waals surface area (Å²) in [5.74, 6) is 0. The van der Waals surface area contributed by atoms with Gasteiger partial charge in [0.2, 0.25) is 0 Å². The Morgan fingerprint density at radius 1 is 0.450 bits per heavy atom. The molecule has 40 heavy (non-hydrogen) atoms. The Hall–Kier alpha value is -0.600. The van der Waals surface area contributed by atoms with Crippen molar-refractivity contribution in [2.24, 2.45) is 0 Å². The highest BCUT2D eigenvalue weighted by Gasteiger charge is 2.55. The number of nitrogens with zero attached hydrogens (tertiary/aromatic N) is 1. The Balaban J connectivity index is 0. The largest absolute Gasteiger partial charge is 0.512 e. The lowest BCUT2D eigenvalue weighted by Gasteiger charge is -2.22. The average Bonchev–Trinajstić information content (AvgIpc) is 2.83. The molecule has 0 atom stereocenters. The summed E-state index contributed by atoms with van der Waals surface area (Å²) < 4.78 is 108. The summed E-state index contributed by atoms with van der Waals surface area (Å²) >= 11 is 0. The maximum absolute atomic E-state index is 11.5. The molecule has 0 aliphatic rings. The molecule has 0 bridgehead atoms. The Labute approximate surface area is 239 Å². The minimum atomic E-state index is -6.60. The highest BCUT2D eigenvalue weighted by molar-refractivity contribution is 8.05. The van der Waals surface area contributed by atoms with E-state index in [0.29, 0.717) is 0 Å². The molecule has 0 amide bonds. The molecule has 0 aliphatic heterocycles. The van der Waals surface area contributed by atoms with E-state index < -0.39 is 35.2 Å². The standard InChI is InChI=1S/C24H51N.C2HF6NO4S2/c1-4-7-10-13-16-19-22-25(23-20-17-14-11-8-5-2)24-21-18-15-12-9-6-3;3-1(4,5)14(10,11)9-15(12,13)2(6,7)8/h4-24H2,1-3H3;9H. The molecule has 0 saturated carbocycles. The SMILES string of the molecule is CCCCCCCCN(CCCCCCCC)CCCCCCCC.O=S(=O)(NS(=O)(=O)C(F)(F)F)C(F)(F)F. The first-order chi connectivity index (χ1) is 18.6. The molecule has 14 heteroatoms. The van der Waals surface area contributed by atoms with Crippen LogP contribution in [0.3, 0.4) is 0 Å². The van der Waals surface area contributed by atoms with Crippen molar-refractivity contribution in [3.05, 3.63) is 0 Å². The van der Waals surface area contributed by atoms with Crippen LogP contribution in [0.15, 0.2) is 0 Å². The fourth-order valence-electron chi connectivity index (χ4n) is 3.92. The Morgan fingerprint density at radius 3 is 0.900 bits per heavy atom. The number of nitrogens with one attached hydrogen (secondary N) is 1. The fourth-order valence-corrected chi connectivity index (χ4v) is 5.83. The van der Waals surface area contributed by atoms with Gasteiger partial charge in [0.15, 0.2) is 0 Å². The topological polar surface area (TPSA) is 83.6 Å². The molecule has 0 aliphatic carbocycles. The molecule has 1 N–H and O–H groups in total. The van der Waals surface area contributed by atoms with Crippen molar-refractivity contribution < 1.29 is 43.2 Å². The van der Waals surface area contributed by atoms with Crippen molar-refractivity contribution in [1.82, 2.24) is 9.03 Å². The predicted molar refractivity (Wildman–Crippen MR) is 150 cm³/mol. The number of sulfonamides is 2. The van der Waals surface area contributed by atoms with Gasteiger partial charge in [0.05, 0.1) is 0 Å². The van der Waals surface area contributed by atoms with Crippen LogP contribution < -0.4 is 4.13 Å². The van der Waals surface area contributed by atoms with Gasteiger partial charge in [-0.15, -0.1) is 0 Å². The molecule has 0 fully saturated rings. The molecule has 0 saturated heterocycles. The second-order valence-electron chi connectivity index (χ2n) is 10.1. The summed E-state index contributed by atoms with van der Waals surface area (Å²) in [5.41, 5.74) is -12.3. The average molecular weight is 635 g/mol. The van der Waals surface area contributed by atoms with Crippen LogP contribution in [-0.4, -0.2) is 52.4 Å². The summed E-state index contributed by atoms with van der Waals surface area (Å²) in [4.78, 5) is 2.79. The number of rotatable bonds is 23. The number of hydrogen-bond acceptors (Lipinski definition) is 5. The molecule has 0 radical (unpaired) electrons. The van der Waals surface area contributed by atoms with Crippen molar-refractivity contribution >= 4 is 20.0 Å². The monoisotopic (exact) mass is 634 g/mol. The molecule has 0 unspecified atom stereocenters. The Bertz CT molecular complexity index is 725. The van der Waals surface area contributed by atoms with Crippen LogP contribution in [0.4, 0.5) is 26.3 Å². The zero-order valence-corrected chi connectivity index (χ0v) is 26.1. The van der Waals surface area contributed by atoms with E-state index >= 15 is 0 Å². The second-order valence-corrected chi connectivity index (χ2v) is 13.7. The van der Waals surface area contributed by atoms with Crippen molar-refractivity contribution in [3.8, 4) is 0 Å². The zero-order valence-electron chi connectivity index (χ0n) is 24.5. The van der Waals surface area contributed by atoms with Crippen LogP contribution in [0.25, 0.3) is 0 Å². The first kappa shape index (κ1) is 41.5. The lowest BCUT2D eigenvalue weighted by atomic mass is 10.1. The van der Waals surface area contributed by atoms with E-state index in [2.05, 4.69) is 25.7 Å². The van der Waals surface area contributed by atoms with E-state index in [-0.39, 0.29) is 0 Å². The highest BCUT2D eigenvalue weighted by atomic mass is 32.3. The van der Waals surface area contributed by atoms with E-state index in [1.165, 1.54) is 135 Å². The molecule has 0 spiro atoms. The Morgan fingerprint density at radius 2 is 0.675 bits per heavy atom. The van der Waals surface area contributed by atoms with Gasteiger partial charge in [-0.25, -0.2) is 16.8 Å². The summed E-state index contributed by atoms with van der Waals surface area (Å²) in [6, 6.07) is 0. The lowest BCUT2D eigenvalue weighted by molar-refractivity contribution is -0.0476. The van der Waals surface area contributed by atoms with Crippen molar-refractivity contribution in [1.29, 1.82) is 0 Å². The third kappa shape index (κ3) is 22.1. The summed E-state index contributed by atoms with van der Waals surface area (Å²) in [5, 5.41) is 0. The molecule has 0 heterocycles. The number of hydrogen-bond donors (Lipinski definition) is 1. The molecule has 0 aromatic heterocycles. The molecular formula is C26H52F6N2O4S2. The normalized spacial score (nSPS) is 12.9. The smallest absolute Gasteiger partial charge is 0.303 e.